The lowest BCUT2D eigenvalue weighted by Crippen LogP contribution is -2.23. The van der Waals surface area contributed by atoms with Crippen molar-refractivity contribution in [3.8, 4) is 0 Å². The number of pyridine rings is 1. The Labute approximate surface area is 174 Å². The lowest BCUT2D eigenvalue weighted by molar-refractivity contribution is -0.139. The third kappa shape index (κ3) is 4.71. The highest BCUT2D eigenvalue weighted by atomic mass is 16.6. The molecular formula is C24H23NO5. The average molecular weight is 405 g/mol. The molecule has 0 unspecified atom stereocenters. The number of rotatable bonds is 5. The minimum Gasteiger partial charge on any atom is -0.469 e. The zero-order valence-electron chi connectivity index (χ0n) is 17.4. The molecule has 0 aliphatic rings. The van der Waals surface area contributed by atoms with Gasteiger partial charge < -0.3 is 9.47 Å². The Morgan fingerprint density at radius 2 is 1.50 bits per heavy atom. The zero-order chi connectivity index (χ0) is 21.9. The molecule has 0 atom stereocenters. The van der Waals surface area contributed by atoms with Gasteiger partial charge in [-0.15, -0.1) is 0 Å². The maximum Gasteiger partial charge on any atom is 0.338 e. The lowest BCUT2D eigenvalue weighted by atomic mass is 9.98. The van der Waals surface area contributed by atoms with Crippen LogP contribution in [0.2, 0.25) is 0 Å². The summed E-state index contributed by atoms with van der Waals surface area (Å²) in [5.74, 6) is -1.09. The predicted octanol–water partition coefficient (Wildman–Crippen LogP) is 4.14. The van der Waals surface area contributed by atoms with Gasteiger partial charge in [0.15, 0.2) is 0 Å². The summed E-state index contributed by atoms with van der Waals surface area (Å²) in [6, 6.07) is 13.6. The smallest absolute Gasteiger partial charge is 0.338 e. The second kappa shape index (κ2) is 8.45. The molecule has 0 radical (unpaired) electrons. The minimum absolute atomic E-state index is 0.0725. The van der Waals surface area contributed by atoms with Crippen LogP contribution in [0.3, 0.4) is 0 Å². The molecule has 3 aromatic rings. The summed E-state index contributed by atoms with van der Waals surface area (Å²) in [6.45, 7) is 5.39. The number of methoxy groups -OCH3 is 1. The normalized spacial score (nSPS) is 11.2. The van der Waals surface area contributed by atoms with Crippen LogP contribution in [-0.4, -0.2) is 35.4 Å². The number of hydrogen-bond donors (Lipinski definition) is 0. The van der Waals surface area contributed by atoms with E-state index in [9.17, 15) is 14.4 Å². The van der Waals surface area contributed by atoms with Crippen molar-refractivity contribution in [1.29, 1.82) is 0 Å². The van der Waals surface area contributed by atoms with Crippen LogP contribution < -0.4 is 0 Å². The molecule has 1 aromatic heterocycles. The summed E-state index contributed by atoms with van der Waals surface area (Å²) >= 11 is 0. The average Bonchev–Trinajstić information content (AvgIpc) is 2.72. The van der Waals surface area contributed by atoms with E-state index in [1.54, 1.807) is 51.1 Å². The quantitative estimate of drug-likeness (QED) is 0.469. The number of ether oxygens (including phenoxy) is 2. The van der Waals surface area contributed by atoms with Crippen molar-refractivity contribution in [3.05, 3.63) is 77.1 Å². The fourth-order valence-corrected chi connectivity index (χ4v) is 3.03. The number of carbonyl (C=O) groups excluding carboxylic acids is 3. The maximum absolute atomic E-state index is 13.1. The summed E-state index contributed by atoms with van der Waals surface area (Å²) in [7, 11) is 1.33. The number of ketones is 1. The van der Waals surface area contributed by atoms with E-state index in [-0.39, 0.29) is 23.9 Å². The molecule has 0 fully saturated rings. The second-order valence-corrected chi connectivity index (χ2v) is 7.84. The van der Waals surface area contributed by atoms with Crippen LogP contribution in [-0.2, 0) is 20.7 Å². The van der Waals surface area contributed by atoms with Crippen LogP contribution in [0.1, 0.15) is 52.7 Å². The number of fused-ring (bicyclic) bond motifs is 1. The van der Waals surface area contributed by atoms with E-state index in [0.29, 0.717) is 22.1 Å². The second-order valence-electron chi connectivity index (χ2n) is 7.84. The van der Waals surface area contributed by atoms with Crippen molar-refractivity contribution >= 4 is 28.5 Å². The monoisotopic (exact) mass is 405 g/mol. The Morgan fingerprint density at radius 1 is 0.900 bits per heavy atom. The van der Waals surface area contributed by atoms with Gasteiger partial charge in [0.25, 0.3) is 0 Å². The Balaban J connectivity index is 1.93. The molecule has 1 heterocycles. The van der Waals surface area contributed by atoms with Crippen molar-refractivity contribution in [2.75, 3.05) is 7.11 Å². The van der Waals surface area contributed by atoms with E-state index in [0.717, 1.165) is 5.39 Å². The molecule has 6 heteroatoms. The number of hydrogen-bond acceptors (Lipinski definition) is 6. The van der Waals surface area contributed by atoms with Gasteiger partial charge in [-0.25, -0.2) is 4.79 Å². The van der Waals surface area contributed by atoms with Gasteiger partial charge in [0, 0.05) is 17.1 Å². The number of aromatic nitrogens is 1. The van der Waals surface area contributed by atoms with Crippen molar-refractivity contribution in [3.63, 3.8) is 0 Å². The highest BCUT2D eigenvalue weighted by Crippen LogP contribution is 2.24. The van der Waals surface area contributed by atoms with Crippen molar-refractivity contribution in [2.45, 2.75) is 32.8 Å². The summed E-state index contributed by atoms with van der Waals surface area (Å²) in [6.07, 6.45) is 1.60. The zero-order valence-corrected chi connectivity index (χ0v) is 17.4. The third-order valence-electron chi connectivity index (χ3n) is 4.44. The first-order valence-corrected chi connectivity index (χ1v) is 9.51. The Kier molecular flexibility index (Phi) is 5.96. The van der Waals surface area contributed by atoms with Crippen LogP contribution in [0.5, 0.6) is 0 Å². The molecule has 3 rings (SSSR count). The van der Waals surface area contributed by atoms with Gasteiger partial charge in [-0.2, -0.15) is 0 Å². The van der Waals surface area contributed by atoms with Crippen molar-refractivity contribution < 1.29 is 23.9 Å². The Morgan fingerprint density at radius 3 is 2.10 bits per heavy atom. The molecule has 0 aliphatic carbocycles. The summed E-state index contributed by atoms with van der Waals surface area (Å²) in [4.78, 5) is 41.3. The van der Waals surface area contributed by atoms with Crippen molar-refractivity contribution in [2.24, 2.45) is 0 Å². The first kappa shape index (κ1) is 21.2. The molecule has 6 nitrogen and oxygen atoms in total. The minimum atomic E-state index is -0.597. The van der Waals surface area contributed by atoms with Crippen LogP contribution in [0, 0.1) is 0 Å². The molecule has 0 N–H and O–H groups in total. The van der Waals surface area contributed by atoms with Gasteiger partial charge in [0.2, 0.25) is 5.78 Å². The molecule has 0 amide bonds. The van der Waals surface area contributed by atoms with E-state index < -0.39 is 11.6 Å². The molecule has 0 saturated heterocycles. The van der Waals surface area contributed by atoms with Crippen molar-refractivity contribution in [1.82, 2.24) is 4.98 Å². The van der Waals surface area contributed by atoms with E-state index in [2.05, 4.69) is 4.98 Å². The van der Waals surface area contributed by atoms with Crippen LogP contribution in [0.25, 0.3) is 10.8 Å². The van der Waals surface area contributed by atoms with Gasteiger partial charge in [-0.1, -0.05) is 36.4 Å². The highest BCUT2D eigenvalue weighted by Gasteiger charge is 2.20. The van der Waals surface area contributed by atoms with Crippen LogP contribution in [0.4, 0.5) is 0 Å². The molecule has 2 aromatic carbocycles. The van der Waals surface area contributed by atoms with E-state index >= 15 is 0 Å². The van der Waals surface area contributed by atoms with E-state index in [1.807, 2.05) is 18.2 Å². The standard InChI is InChI=1S/C24H23NO5/c1-24(2,3)30-23(28)16-11-9-15(10-12-16)22(27)21-19-8-6-5-7-18(19)17(14-25-21)13-20(26)29-4/h5-12,14H,13H2,1-4H3. The predicted molar refractivity (Wildman–Crippen MR) is 113 cm³/mol. The number of benzene rings is 2. The molecule has 0 aliphatic heterocycles. The first-order valence-electron chi connectivity index (χ1n) is 9.51. The Hall–Kier alpha value is -3.54. The number of esters is 2. The topological polar surface area (TPSA) is 82.6 Å². The van der Waals surface area contributed by atoms with E-state index in [1.165, 1.54) is 13.3 Å². The largest absolute Gasteiger partial charge is 0.469 e. The van der Waals surface area contributed by atoms with E-state index in [4.69, 9.17) is 9.47 Å². The maximum atomic E-state index is 13.1. The van der Waals surface area contributed by atoms with Gasteiger partial charge in [0.1, 0.15) is 11.3 Å². The molecular weight excluding hydrogens is 382 g/mol. The molecule has 0 spiro atoms. The van der Waals surface area contributed by atoms with Gasteiger partial charge in [-0.05, 0) is 43.9 Å². The van der Waals surface area contributed by atoms with Gasteiger partial charge in [-0.3, -0.25) is 14.6 Å². The molecule has 30 heavy (non-hydrogen) atoms. The first-order chi connectivity index (χ1) is 14.2. The fraction of sp³-hybridized carbons (Fsp3) is 0.250. The van der Waals surface area contributed by atoms with Crippen LogP contribution >= 0.6 is 0 Å². The molecule has 154 valence electrons. The SMILES string of the molecule is COC(=O)Cc1cnc(C(=O)c2ccc(C(=O)OC(C)(C)C)cc2)c2ccccc12. The Bertz CT molecular complexity index is 1110. The lowest BCUT2D eigenvalue weighted by Gasteiger charge is -2.19. The molecule has 0 bridgehead atoms. The number of carbonyl (C=O) groups is 3. The number of nitrogens with zero attached hydrogens (tertiary/aromatic N) is 1. The summed E-state index contributed by atoms with van der Waals surface area (Å²) in [5.41, 5.74) is 1.15. The van der Waals surface area contributed by atoms with Gasteiger partial charge >= 0.3 is 11.9 Å². The summed E-state index contributed by atoms with van der Waals surface area (Å²) < 4.78 is 10.1. The summed E-state index contributed by atoms with van der Waals surface area (Å²) in [5, 5.41) is 1.42. The third-order valence-corrected chi connectivity index (χ3v) is 4.44. The molecule has 0 saturated carbocycles. The fourth-order valence-electron chi connectivity index (χ4n) is 3.03. The van der Waals surface area contributed by atoms with Crippen LogP contribution in [0.15, 0.2) is 54.7 Å². The van der Waals surface area contributed by atoms with Gasteiger partial charge in [0.05, 0.1) is 19.1 Å². The highest BCUT2D eigenvalue weighted by molar-refractivity contribution is 6.15.